The van der Waals surface area contributed by atoms with E-state index in [1.807, 2.05) is 0 Å². The van der Waals surface area contributed by atoms with E-state index in [1.165, 1.54) is 0 Å². The van der Waals surface area contributed by atoms with Gasteiger partial charge in [0.2, 0.25) is 0 Å². The highest BCUT2D eigenvalue weighted by molar-refractivity contribution is 6.13. The van der Waals surface area contributed by atoms with E-state index in [-0.39, 0.29) is 11.5 Å². The Bertz CT molecular complexity index is 1290. The highest BCUT2D eigenvalue weighted by atomic mass is 16.2. The Hall–Kier alpha value is -4.81. The van der Waals surface area contributed by atoms with Crippen molar-refractivity contribution in [1.29, 1.82) is 5.41 Å². The van der Waals surface area contributed by atoms with Crippen molar-refractivity contribution in [3.05, 3.63) is 94.5 Å². The predicted octanol–water partition coefficient (Wildman–Crippen LogP) is 4.04. The number of nitrogens with one attached hydrogen (secondary N) is 3. The van der Waals surface area contributed by atoms with E-state index >= 15 is 0 Å². The molecule has 0 unspecified atom stereocenters. The molecule has 0 saturated heterocycles. The van der Waals surface area contributed by atoms with E-state index in [4.69, 9.17) is 18.3 Å². The van der Waals surface area contributed by atoms with Crippen LogP contribution in [0, 0.1) is 30.1 Å². The molecule has 0 heterocycles. The molecule has 0 fully saturated rings. The number of carbonyl (C=O) groups is 2. The van der Waals surface area contributed by atoms with Gasteiger partial charge < -0.3 is 15.5 Å². The van der Waals surface area contributed by atoms with Gasteiger partial charge in [0.05, 0.1) is 11.3 Å². The molecule has 0 aliphatic heterocycles. The fraction of sp³-hybridized carbons (Fsp3) is 0.0741. The highest BCUT2D eigenvalue weighted by Crippen LogP contribution is 2.21. The zero-order valence-corrected chi connectivity index (χ0v) is 18.3. The average Bonchev–Trinajstić information content (AvgIpc) is 2.84. The molecule has 6 nitrogen and oxygen atoms in total. The van der Waals surface area contributed by atoms with E-state index in [9.17, 15) is 9.59 Å². The first-order chi connectivity index (χ1) is 15.8. The molecule has 0 aromatic heterocycles. The number of rotatable bonds is 5. The molecule has 3 rings (SSSR count). The minimum Gasteiger partial charge on any atom is -0.363 e. The summed E-state index contributed by atoms with van der Waals surface area (Å²) in [5, 5.41) is 13.6. The maximum atomic E-state index is 13.0. The molecule has 6 heteroatoms. The summed E-state index contributed by atoms with van der Waals surface area (Å²) in [6.45, 7) is 0. The second-order valence-corrected chi connectivity index (χ2v) is 7.36. The molecule has 0 spiro atoms. The summed E-state index contributed by atoms with van der Waals surface area (Å²) in [6.07, 6.45) is 10.9. The van der Waals surface area contributed by atoms with Gasteiger partial charge in [-0.1, -0.05) is 24.0 Å². The Kier molecular flexibility index (Phi) is 6.93. The van der Waals surface area contributed by atoms with Crippen LogP contribution in [0.1, 0.15) is 37.4 Å². The van der Waals surface area contributed by atoms with Crippen LogP contribution in [0.25, 0.3) is 0 Å². The third-order valence-corrected chi connectivity index (χ3v) is 4.86. The van der Waals surface area contributed by atoms with E-state index < -0.39 is 5.91 Å². The molecule has 0 saturated carbocycles. The maximum Gasteiger partial charge on any atom is 0.257 e. The summed E-state index contributed by atoms with van der Waals surface area (Å²) in [7, 11) is 3.55. The van der Waals surface area contributed by atoms with Crippen molar-refractivity contribution in [2.45, 2.75) is 0 Å². The Morgan fingerprint density at radius 1 is 0.788 bits per heavy atom. The summed E-state index contributed by atoms with van der Waals surface area (Å²) in [6, 6.07) is 18.3. The van der Waals surface area contributed by atoms with Gasteiger partial charge in [-0.25, -0.2) is 0 Å². The molecule has 3 aromatic rings. The molecule has 3 aromatic carbocycles. The fourth-order valence-corrected chi connectivity index (χ4v) is 3.01. The first kappa shape index (κ1) is 22.9. The van der Waals surface area contributed by atoms with Gasteiger partial charge >= 0.3 is 0 Å². The van der Waals surface area contributed by atoms with Gasteiger partial charge in [-0.2, -0.15) is 0 Å². The number of hydrogen-bond donors (Lipinski definition) is 3. The second kappa shape index (κ2) is 10.00. The number of amides is 2. The lowest BCUT2D eigenvalue weighted by atomic mass is 10.1. The quantitative estimate of drug-likeness (QED) is 0.322. The van der Waals surface area contributed by atoms with Crippen molar-refractivity contribution < 1.29 is 9.59 Å². The molecular formula is C27H22N4O2. The lowest BCUT2D eigenvalue weighted by Crippen LogP contribution is -2.22. The van der Waals surface area contributed by atoms with Crippen LogP contribution in [0.2, 0.25) is 0 Å². The minimum absolute atomic E-state index is 0.228. The van der Waals surface area contributed by atoms with E-state index in [0.717, 1.165) is 0 Å². The highest BCUT2D eigenvalue weighted by Gasteiger charge is 2.16. The van der Waals surface area contributed by atoms with Gasteiger partial charge in [0.25, 0.3) is 11.8 Å². The minimum atomic E-state index is -0.425. The van der Waals surface area contributed by atoms with Crippen LogP contribution in [0.5, 0.6) is 0 Å². The van der Waals surface area contributed by atoms with Gasteiger partial charge in [-0.15, -0.1) is 12.8 Å². The third-order valence-electron chi connectivity index (χ3n) is 4.86. The van der Waals surface area contributed by atoms with Crippen LogP contribution in [0.4, 0.5) is 11.4 Å². The van der Waals surface area contributed by atoms with Crippen molar-refractivity contribution in [1.82, 2.24) is 4.90 Å². The Morgan fingerprint density at radius 2 is 1.36 bits per heavy atom. The summed E-state index contributed by atoms with van der Waals surface area (Å²) in [4.78, 5) is 27.5. The molecule has 3 N–H and O–H groups in total. The molecular weight excluding hydrogens is 412 g/mol. The van der Waals surface area contributed by atoms with E-state index in [1.54, 1.807) is 85.7 Å². The van der Waals surface area contributed by atoms with E-state index in [0.29, 0.717) is 39.5 Å². The lowest BCUT2D eigenvalue weighted by molar-refractivity contribution is 0.102. The van der Waals surface area contributed by atoms with Crippen molar-refractivity contribution >= 4 is 29.0 Å². The van der Waals surface area contributed by atoms with Crippen LogP contribution in [-0.4, -0.2) is 36.6 Å². The second-order valence-electron chi connectivity index (χ2n) is 7.36. The van der Waals surface area contributed by atoms with Gasteiger partial charge in [0, 0.05) is 42.0 Å². The Balaban J connectivity index is 1.83. The molecule has 162 valence electrons. The van der Waals surface area contributed by atoms with Crippen molar-refractivity contribution in [2.75, 3.05) is 24.7 Å². The maximum absolute atomic E-state index is 13.0. The Morgan fingerprint density at radius 3 is 1.94 bits per heavy atom. The summed E-state index contributed by atoms with van der Waals surface area (Å²) >= 11 is 0. The smallest absolute Gasteiger partial charge is 0.257 e. The van der Waals surface area contributed by atoms with Gasteiger partial charge in [-0.3, -0.25) is 15.0 Å². The zero-order chi connectivity index (χ0) is 24.0. The van der Waals surface area contributed by atoms with Crippen molar-refractivity contribution in [3.8, 4) is 24.7 Å². The standard InChI is InChI=1S/C27H22N4O2/c1-5-18-7-14-22(15-8-18)29-27(33)23-17-19(6-2)9-16-24(23)30-26(32)21-12-10-20(11-13-21)25(28)31(3)4/h1-2,7-17,28H,3-4H3,(H,29,33)(H,30,32). The molecule has 0 aliphatic rings. The normalized spacial score (nSPS) is 9.82. The van der Waals surface area contributed by atoms with Gasteiger partial charge in [0.1, 0.15) is 5.84 Å². The molecule has 33 heavy (non-hydrogen) atoms. The fourth-order valence-electron chi connectivity index (χ4n) is 3.01. The van der Waals surface area contributed by atoms with Crippen LogP contribution in [0.3, 0.4) is 0 Å². The summed E-state index contributed by atoms with van der Waals surface area (Å²) in [5.74, 6) is 4.54. The topological polar surface area (TPSA) is 85.3 Å². The number of anilines is 2. The number of nitrogens with zero attached hydrogens (tertiary/aromatic N) is 1. The number of carbonyl (C=O) groups excluding carboxylic acids is 2. The molecule has 0 aliphatic carbocycles. The van der Waals surface area contributed by atoms with Crippen molar-refractivity contribution in [2.24, 2.45) is 0 Å². The summed E-state index contributed by atoms with van der Waals surface area (Å²) < 4.78 is 0. The van der Waals surface area contributed by atoms with Crippen LogP contribution < -0.4 is 10.6 Å². The first-order valence-electron chi connectivity index (χ1n) is 9.98. The number of hydrogen-bond acceptors (Lipinski definition) is 3. The molecule has 2 amide bonds. The lowest BCUT2D eigenvalue weighted by Gasteiger charge is -2.14. The first-order valence-corrected chi connectivity index (χ1v) is 9.98. The molecule has 0 radical (unpaired) electrons. The van der Waals surface area contributed by atoms with Crippen molar-refractivity contribution in [3.63, 3.8) is 0 Å². The number of amidine groups is 1. The zero-order valence-electron chi connectivity index (χ0n) is 18.3. The van der Waals surface area contributed by atoms with Crippen LogP contribution in [0.15, 0.2) is 66.7 Å². The predicted molar refractivity (Wildman–Crippen MR) is 132 cm³/mol. The molecule has 0 bridgehead atoms. The third kappa shape index (κ3) is 5.46. The van der Waals surface area contributed by atoms with E-state index in [2.05, 4.69) is 22.5 Å². The monoisotopic (exact) mass is 434 g/mol. The van der Waals surface area contributed by atoms with Crippen LogP contribution in [-0.2, 0) is 0 Å². The summed E-state index contributed by atoms with van der Waals surface area (Å²) in [5.41, 5.74) is 3.39. The van der Waals surface area contributed by atoms with Crippen LogP contribution >= 0.6 is 0 Å². The number of benzene rings is 3. The molecule has 0 atom stereocenters. The number of terminal acetylenes is 2. The largest absolute Gasteiger partial charge is 0.363 e. The average molecular weight is 434 g/mol. The van der Waals surface area contributed by atoms with Gasteiger partial charge in [-0.05, 0) is 54.6 Å². The van der Waals surface area contributed by atoms with Gasteiger partial charge in [0.15, 0.2) is 0 Å². The Labute approximate surface area is 193 Å². The SMILES string of the molecule is C#Cc1ccc(NC(=O)c2cc(C#C)ccc2NC(=O)c2ccc(C(=N)N(C)C)cc2)cc1.